The predicted molar refractivity (Wildman–Crippen MR) is 116 cm³/mol. The molecule has 2 rings (SSSR count). The topological polar surface area (TPSA) is 146 Å². The maximum atomic E-state index is 12.0. The molecule has 0 radical (unpaired) electrons. The average Bonchev–Trinajstić information content (AvgIpc) is 2.70. The van der Waals surface area contributed by atoms with Crippen LogP contribution in [-0.4, -0.2) is 30.3 Å². The molecule has 0 aromatic heterocycles. The first-order valence-electron chi connectivity index (χ1n) is 8.39. The minimum absolute atomic E-state index is 0.205. The minimum atomic E-state index is -0.442. The number of rotatable bonds is 6. The van der Waals surface area contributed by atoms with Gasteiger partial charge in [0.2, 0.25) is 5.90 Å². The number of hydrogen-bond donors (Lipinski definition) is 6. The van der Waals surface area contributed by atoms with Gasteiger partial charge in [-0.05, 0) is 31.2 Å². The second-order valence-corrected chi connectivity index (χ2v) is 6.04. The second kappa shape index (κ2) is 9.95. The molecule has 2 aromatic carbocycles. The van der Waals surface area contributed by atoms with Crippen LogP contribution in [0.25, 0.3) is 0 Å². The first-order valence-corrected chi connectivity index (χ1v) is 8.77. The minimum Gasteiger partial charge on any atom is -0.407 e. The Morgan fingerprint density at radius 3 is 2.48 bits per heavy atom. The van der Waals surface area contributed by atoms with Crippen LogP contribution < -0.4 is 10.6 Å². The lowest BCUT2D eigenvalue weighted by Gasteiger charge is -2.13. The molecule has 0 atom stereocenters. The number of benzene rings is 2. The van der Waals surface area contributed by atoms with Gasteiger partial charge in [0.15, 0.2) is 0 Å². The van der Waals surface area contributed by atoms with E-state index in [0.29, 0.717) is 22.5 Å². The third-order valence-corrected chi connectivity index (χ3v) is 4.17. The van der Waals surface area contributed by atoms with Crippen molar-refractivity contribution in [2.75, 3.05) is 10.6 Å². The molecular weight excluding hydrogens is 392 g/mol. The maximum absolute atomic E-state index is 12.0. The van der Waals surface area contributed by atoms with Crippen molar-refractivity contribution in [1.29, 1.82) is 21.6 Å². The van der Waals surface area contributed by atoms with E-state index in [1.165, 1.54) is 12.1 Å². The zero-order valence-corrected chi connectivity index (χ0v) is 16.2. The number of amides is 1. The molecule has 0 saturated heterocycles. The van der Waals surface area contributed by atoms with Gasteiger partial charge in [-0.2, -0.15) is 0 Å². The molecule has 0 heterocycles. The Kier molecular flexibility index (Phi) is 7.39. The Balaban J connectivity index is 2.07. The summed E-state index contributed by atoms with van der Waals surface area (Å²) in [4.78, 5) is 12.0. The molecular formula is C20H19ClN6O2. The second-order valence-electron chi connectivity index (χ2n) is 5.66. The summed E-state index contributed by atoms with van der Waals surface area (Å²) in [6.45, 7) is 1.66. The first kappa shape index (κ1) is 21.5. The molecule has 0 fully saturated rings. The molecule has 0 unspecified atom stereocenters. The summed E-state index contributed by atoms with van der Waals surface area (Å²) in [6, 6.07) is 10.9. The number of hydrogen-bond acceptors (Lipinski definition) is 6. The van der Waals surface area contributed by atoms with Gasteiger partial charge in [-0.25, -0.2) is 0 Å². The van der Waals surface area contributed by atoms with Crippen molar-refractivity contribution in [3.05, 3.63) is 70.3 Å². The number of nitrogens with one attached hydrogen (secondary N) is 6. The highest BCUT2D eigenvalue weighted by Crippen LogP contribution is 2.24. The van der Waals surface area contributed by atoms with Crippen LogP contribution in [0.1, 0.15) is 18.1 Å². The van der Waals surface area contributed by atoms with Crippen molar-refractivity contribution in [1.82, 2.24) is 0 Å². The zero-order chi connectivity index (χ0) is 21.4. The summed E-state index contributed by atoms with van der Waals surface area (Å²) in [5.41, 5.74) is 1.82. The Bertz CT molecular complexity index is 1020. The Morgan fingerprint density at radius 1 is 1.10 bits per heavy atom. The number of carbonyl (C=O) groups excluding carboxylic acids is 1. The highest BCUT2D eigenvalue weighted by Gasteiger charge is 2.12. The fraction of sp³-hybridized carbons (Fsp3) is 0.0500. The van der Waals surface area contributed by atoms with Crippen molar-refractivity contribution >= 4 is 53.2 Å². The molecule has 2 aromatic rings. The van der Waals surface area contributed by atoms with E-state index < -0.39 is 11.9 Å². The zero-order valence-electron chi connectivity index (χ0n) is 15.5. The first-order chi connectivity index (χ1) is 13.9. The third kappa shape index (κ3) is 5.60. The molecule has 0 saturated carbocycles. The van der Waals surface area contributed by atoms with Gasteiger partial charge < -0.3 is 26.2 Å². The Morgan fingerprint density at radius 2 is 1.83 bits per heavy atom. The van der Waals surface area contributed by atoms with E-state index in [-0.39, 0.29) is 16.5 Å². The van der Waals surface area contributed by atoms with E-state index in [1.807, 2.05) is 0 Å². The lowest BCUT2D eigenvalue weighted by Crippen LogP contribution is -2.20. The van der Waals surface area contributed by atoms with Crippen LogP contribution in [0, 0.1) is 21.6 Å². The average molecular weight is 411 g/mol. The molecule has 0 aliphatic carbocycles. The van der Waals surface area contributed by atoms with Crippen molar-refractivity contribution in [3.8, 4) is 0 Å². The van der Waals surface area contributed by atoms with Crippen LogP contribution in [0.4, 0.5) is 11.4 Å². The number of ether oxygens (including phenoxy) is 1. The molecule has 148 valence electrons. The summed E-state index contributed by atoms with van der Waals surface area (Å²) in [5.74, 6) is -0.751. The number of amidine groups is 1. The van der Waals surface area contributed by atoms with Crippen molar-refractivity contribution < 1.29 is 9.53 Å². The monoisotopic (exact) mass is 410 g/mol. The quantitative estimate of drug-likeness (QED) is 0.240. The molecule has 9 heteroatoms. The largest absolute Gasteiger partial charge is 0.407 e. The molecule has 8 nitrogen and oxygen atoms in total. The Hall–Kier alpha value is -3.78. The van der Waals surface area contributed by atoms with E-state index in [2.05, 4.69) is 10.6 Å². The summed E-state index contributed by atoms with van der Waals surface area (Å²) >= 11 is 6.14. The maximum Gasteiger partial charge on any atom is 0.293 e. The van der Waals surface area contributed by atoms with E-state index in [9.17, 15) is 4.79 Å². The van der Waals surface area contributed by atoms with Crippen LogP contribution in [-0.2, 0) is 9.53 Å². The summed E-state index contributed by atoms with van der Waals surface area (Å²) in [5, 5.41) is 36.0. The lowest BCUT2D eigenvalue weighted by molar-refractivity contribution is -0.112. The standard InChI is InChI=1S/C20H19ClN6O2/c1-2-12(10-22)19(28)26-15-7-3-5-13(9-15)18(24)29-20(25)27-16-8-4-6-14(11-23)17(16)21/h2-11,22-24H,1H3,(H2,25,27)(H,26,28)/b12-2+,22-10?,23-11?,24-18?. The van der Waals surface area contributed by atoms with E-state index >= 15 is 0 Å². The fourth-order valence-corrected chi connectivity index (χ4v) is 2.52. The van der Waals surface area contributed by atoms with Crippen LogP contribution in [0.3, 0.4) is 0 Å². The van der Waals surface area contributed by atoms with Crippen LogP contribution >= 0.6 is 11.6 Å². The smallest absolute Gasteiger partial charge is 0.293 e. The molecule has 1 amide bonds. The summed E-state index contributed by atoms with van der Waals surface area (Å²) < 4.78 is 5.20. The number of allylic oxidation sites excluding steroid dienone is 1. The highest BCUT2D eigenvalue weighted by molar-refractivity contribution is 6.36. The normalized spacial score (nSPS) is 10.6. The van der Waals surface area contributed by atoms with Crippen molar-refractivity contribution in [2.24, 2.45) is 0 Å². The number of halogens is 1. The van der Waals surface area contributed by atoms with E-state index in [0.717, 1.165) is 12.4 Å². The van der Waals surface area contributed by atoms with Gasteiger partial charge in [-0.15, -0.1) is 0 Å². The van der Waals surface area contributed by atoms with E-state index in [4.69, 9.17) is 38.0 Å². The highest BCUT2D eigenvalue weighted by atomic mass is 35.5. The fourth-order valence-electron chi connectivity index (χ4n) is 2.29. The summed E-state index contributed by atoms with van der Waals surface area (Å²) in [6.07, 6.45) is 3.57. The molecule has 0 bridgehead atoms. The van der Waals surface area contributed by atoms with Gasteiger partial charge in [0, 0.05) is 29.2 Å². The van der Waals surface area contributed by atoms with E-state index in [1.54, 1.807) is 43.3 Å². The van der Waals surface area contributed by atoms with Crippen LogP contribution in [0.5, 0.6) is 0 Å². The van der Waals surface area contributed by atoms with Gasteiger partial charge in [-0.1, -0.05) is 35.9 Å². The van der Waals surface area contributed by atoms with Crippen molar-refractivity contribution in [3.63, 3.8) is 0 Å². The number of carbonyl (C=O) groups is 1. The molecule has 0 spiro atoms. The molecule has 6 N–H and O–H groups in total. The predicted octanol–water partition coefficient (Wildman–Crippen LogP) is 4.26. The van der Waals surface area contributed by atoms with Gasteiger partial charge in [0.1, 0.15) is 0 Å². The van der Waals surface area contributed by atoms with Gasteiger partial charge >= 0.3 is 0 Å². The molecule has 29 heavy (non-hydrogen) atoms. The van der Waals surface area contributed by atoms with Gasteiger partial charge in [-0.3, -0.25) is 15.6 Å². The molecule has 0 aliphatic heterocycles. The van der Waals surface area contributed by atoms with Crippen LogP contribution in [0.2, 0.25) is 5.02 Å². The van der Waals surface area contributed by atoms with Gasteiger partial charge in [0.25, 0.3) is 11.9 Å². The number of anilines is 2. The SMILES string of the molecule is C/C=C(\C=N)C(=O)Nc1cccc(C(=N)OC(=N)Nc2cccc(C=N)c2Cl)c1. The lowest BCUT2D eigenvalue weighted by atomic mass is 10.2. The van der Waals surface area contributed by atoms with Crippen LogP contribution in [0.15, 0.2) is 54.1 Å². The molecule has 0 aliphatic rings. The summed E-state index contributed by atoms with van der Waals surface area (Å²) in [7, 11) is 0. The Labute approximate surface area is 172 Å². The third-order valence-electron chi connectivity index (χ3n) is 3.75. The van der Waals surface area contributed by atoms with Crippen molar-refractivity contribution in [2.45, 2.75) is 6.92 Å². The van der Waals surface area contributed by atoms with Gasteiger partial charge in [0.05, 0.1) is 16.3 Å².